The molecule has 0 radical (unpaired) electrons. The summed E-state index contributed by atoms with van der Waals surface area (Å²) in [6, 6.07) is 10.6. The van der Waals surface area contributed by atoms with Gasteiger partial charge in [0.25, 0.3) is 0 Å². The van der Waals surface area contributed by atoms with E-state index in [1.807, 2.05) is 6.92 Å². The van der Waals surface area contributed by atoms with Crippen molar-refractivity contribution >= 4 is 50.7 Å². The number of nitrogens with one attached hydrogen (secondary N) is 1. The number of nitrogens with zero attached hydrogens (tertiary/aromatic N) is 2. The largest absolute Gasteiger partial charge is 0.495 e. The molecule has 11 heteroatoms. The first-order valence-corrected chi connectivity index (χ1v) is 13.8. The fourth-order valence-corrected chi connectivity index (χ4v) is 4.94. The molecule has 2 rings (SSSR count). The number of anilines is 1. The van der Waals surface area contributed by atoms with Crippen LogP contribution in [0.15, 0.2) is 42.5 Å². The molecule has 0 fully saturated rings. The van der Waals surface area contributed by atoms with E-state index in [2.05, 4.69) is 5.32 Å². The molecular formula is C24H31Cl2N3O5S. The van der Waals surface area contributed by atoms with E-state index in [1.165, 1.54) is 12.0 Å². The highest BCUT2D eigenvalue weighted by Crippen LogP contribution is 2.31. The third-order valence-corrected chi connectivity index (χ3v) is 7.19. The summed E-state index contributed by atoms with van der Waals surface area (Å²) in [7, 11) is -2.47. The second-order valence-corrected chi connectivity index (χ2v) is 10.6. The quantitative estimate of drug-likeness (QED) is 0.434. The highest BCUT2D eigenvalue weighted by molar-refractivity contribution is 7.92. The van der Waals surface area contributed by atoms with Crippen molar-refractivity contribution in [1.82, 2.24) is 10.2 Å². The van der Waals surface area contributed by atoms with Crippen LogP contribution in [0.2, 0.25) is 10.0 Å². The Morgan fingerprint density at radius 3 is 2.23 bits per heavy atom. The Morgan fingerprint density at radius 1 is 1.06 bits per heavy atom. The molecule has 0 bridgehead atoms. The molecule has 2 aromatic rings. The maximum Gasteiger partial charge on any atom is 0.244 e. The summed E-state index contributed by atoms with van der Waals surface area (Å²) in [5.41, 5.74) is 0.680. The first-order valence-electron chi connectivity index (χ1n) is 11.2. The van der Waals surface area contributed by atoms with Crippen molar-refractivity contribution in [1.29, 1.82) is 0 Å². The molecule has 0 aliphatic heterocycles. The minimum Gasteiger partial charge on any atom is -0.495 e. The normalized spacial score (nSPS) is 12.1. The molecule has 8 nitrogen and oxygen atoms in total. The Balaban J connectivity index is 2.52. The van der Waals surface area contributed by atoms with E-state index in [0.717, 1.165) is 17.0 Å². The van der Waals surface area contributed by atoms with Crippen molar-refractivity contribution in [2.24, 2.45) is 0 Å². The van der Waals surface area contributed by atoms with Gasteiger partial charge in [-0.15, -0.1) is 0 Å². The van der Waals surface area contributed by atoms with Gasteiger partial charge in [0.1, 0.15) is 18.3 Å². The lowest BCUT2D eigenvalue weighted by molar-refractivity contribution is -0.140. The smallest absolute Gasteiger partial charge is 0.244 e. The topological polar surface area (TPSA) is 96.0 Å². The van der Waals surface area contributed by atoms with Gasteiger partial charge in [0, 0.05) is 28.7 Å². The van der Waals surface area contributed by atoms with Crippen LogP contribution in [0.4, 0.5) is 5.69 Å². The number of carbonyl (C=O) groups is 2. The number of carbonyl (C=O) groups excluding carboxylic acids is 2. The van der Waals surface area contributed by atoms with Crippen molar-refractivity contribution in [3.63, 3.8) is 0 Å². The van der Waals surface area contributed by atoms with Crippen LogP contribution in [0.1, 0.15) is 32.3 Å². The monoisotopic (exact) mass is 543 g/mol. The van der Waals surface area contributed by atoms with Crippen LogP contribution >= 0.6 is 23.2 Å². The van der Waals surface area contributed by atoms with Gasteiger partial charge in [0.15, 0.2) is 0 Å². The van der Waals surface area contributed by atoms with E-state index in [9.17, 15) is 18.0 Å². The average molecular weight is 545 g/mol. The van der Waals surface area contributed by atoms with Crippen LogP contribution < -0.4 is 14.4 Å². The molecule has 0 aliphatic rings. The predicted octanol–water partition coefficient (Wildman–Crippen LogP) is 4.10. The minimum absolute atomic E-state index is 0.0705. The van der Waals surface area contributed by atoms with Crippen LogP contribution in [0, 0.1) is 0 Å². The van der Waals surface area contributed by atoms with Crippen molar-refractivity contribution in [3.8, 4) is 5.75 Å². The molecule has 0 unspecified atom stereocenters. The van der Waals surface area contributed by atoms with E-state index >= 15 is 0 Å². The number of ether oxygens (including phenoxy) is 1. The number of halogens is 2. The van der Waals surface area contributed by atoms with Gasteiger partial charge in [-0.05, 0) is 37.1 Å². The molecule has 1 N–H and O–H groups in total. The van der Waals surface area contributed by atoms with E-state index < -0.39 is 28.5 Å². The maximum absolute atomic E-state index is 13.7. The third-order valence-electron chi connectivity index (χ3n) is 5.36. The standard InChI is InChI=1S/C24H31Cl2N3O5S/c1-5-14-27-24(31)20(6-2)28(15-17-18(25)10-9-11-19(17)26)23(30)16-29(35(4,32)33)21-12-7-8-13-22(21)34-3/h7-13,20H,5-6,14-16H2,1-4H3,(H,27,31)/t20-/m1/s1. The van der Waals surface area contributed by atoms with E-state index in [1.54, 1.807) is 49.4 Å². The van der Waals surface area contributed by atoms with E-state index in [0.29, 0.717) is 34.3 Å². The van der Waals surface area contributed by atoms with Crippen molar-refractivity contribution in [2.45, 2.75) is 39.3 Å². The van der Waals surface area contributed by atoms with Gasteiger partial charge in [-0.1, -0.05) is 55.2 Å². The van der Waals surface area contributed by atoms with Gasteiger partial charge in [0.2, 0.25) is 21.8 Å². The molecule has 0 heterocycles. The van der Waals surface area contributed by atoms with Gasteiger partial charge in [0.05, 0.1) is 19.1 Å². The molecule has 0 aromatic heterocycles. The fraction of sp³-hybridized carbons (Fsp3) is 0.417. The van der Waals surface area contributed by atoms with Gasteiger partial charge < -0.3 is 15.0 Å². The number of hydrogen-bond acceptors (Lipinski definition) is 5. The number of rotatable bonds is 12. The summed E-state index contributed by atoms with van der Waals surface area (Å²) in [5.74, 6) is -0.635. The first kappa shape index (κ1) is 28.7. The molecule has 0 spiro atoms. The summed E-state index contributed by atoms with van der Waals surface area (Å²) in [6.07, 6.45) is 2.03. The molecule has 0 saturated heterocycles. The van der Waals surface area contributed by atoms with Crippen LogP contribution in [0.5, 0.6) is 5.75 Å². The molecule has 2 aromatic carbocycles. The highest BCUT2D eigenvalue weighted by atomic mass is 35.5. The zero-order valence-electron chi connectivity index (χ0n) is 20.3. The number of para-hydroxylation sites is 2. The van der Waals surface area contributed by atoms with Gasteiger partial charge >= 0.3 is 0 Å². The van der Waals surface area contributed by atoms with Gasteiger partial charge in [-0.3, -0.25) is 13.9 Å². The van der Waals surface area contributed by atoms with Crippen LogP contribution in [-0.2, 0) is 26.2 Å². The van der Waals surface area contributed by atoms with Crippen molar-refractivity contribution < 1.29 is 22.7 Å². The number of amides is 2. The second kappa shape index (κ2) is 13.0. The lowest BCUT2D eigenvalue weighted by atomic mass is 10.1. The number of methoxy groups -OCH3 is 1. The van der Waals surface area contributed by atoms with E-state index in [4.69, 9.17) is 27.9 Å². The lowest BCUT2D eigenvalue weighted by Crippen LogP contribution is -2.52. The number of hydrogen-bond donors (Lipinski definition) is 1. The summed E-state index contributed by atoms with van der Waals surface area (Å²) in [6.45, 7) is 3.53. The van der Waals surface area contributed by atoms with E-state index in [-0.39, 0.29) is 18.1 Å². The summed E-state index contributed by atoms with van der Waals surface area (Å²) >= 11 is 12.7. The molecule has 192 valence electrons. The Morgan fingerprint density at radius 2 is 1.69 bits per heavy atom. The Bertz CT molecular complexity index is 1120. The lowest BCUT2D eigenvalue weighted by Gasteiger charge is -2.33. The molecule has 0 saturated carbocycles. The molecule has 1 atom stereocenters. The van der Waals surface area contributed by atoms with Crippen molar-refractivity contribution in [3.05, 3.63) is 58.1 Å². The highest BCUT2D eigenvalue weighted by Gasteiger charge is 2.33. The Labute approximate surface area is 217 Å². The minimum atomic E-state index is -3.88. The Hall–Kier alpha value is -2.49. The molecular weight excluding hydrogens is 513 g/mol. The zero-order chi connectivity index (χ0) is 26.2. The number of sulfonamides is 1. The maximum atomic E-state index is 13.7. The van der Waals surface area contributed by atoms with Crippen LogP contribution in [0.25, 0.3) is 0 Å². The van der Waals surface area contributed by atoms with Gasteiger partial charge in [-0.25, -0.2) is 8.42 Å². The average Bonchev–Trinajstić information content (AvgIpc) is 2.81. The molecule has 0 aliphatic carbocycles. The SMILES string of the molecule is CCCNC(=O)[C@@H](CC)N(Cc1c(Cl)cccc1Cl)C(=O)CN(c1ccccc1OC)S(C)(=O)=O. The first-order chi connectivity index (χ1) is 16.5. The van der Waals surface area contributed by atoms with Gasteiger partial charge in [-0.2, -0.15) is 0 Å². The predicted molar refractivity (Wildman–Crippen MR) is 140 cm³/mol. The second-order valence-electron chi connectivity index (χ2n) is 7.88. The van der Waals surface area contributed by atoms with Crippen molar-refractivity contribution in [2.75, 3.05) is 30.8 Å². The summed E-state index contributed by atoms with van der Waals surface area (Å²) < 4.78 is 31.7. The number of benzene rings is 2. The van der Waals surface area contributed by atoms with Crippen LogP contribution in [0.3, 0.4) is 0 Å². The molecule has 35 heavy (non-hydrogen) atoms. The third kappa shape index (κ3) is 7.49. The van der Waals surface area contributed by atoms with Crippen LogP contribution in [-0.4, -0.2) is 57.6 Å². The summed E-state index contributed by atoms with van der Waals surface area (Å²) in [4.78, 5) is 28.0. The summed E-state index contributed by atoms with van der Waals surface area (Å²) in [5, 5.41) is 3.49. The fourth-order valence-electron chi connectivity index (χ4n) is 3.57. The zero-order valence-corrected chi connectivity index (χ0v) is 22.6. The Kier molecular flexibility index (Phi) is 10.7. The molecule has 2 amide bonds.